The molecule has 112 valence electrons. The molecule has 0 bridgehead atoms. The second-order valence-corrected chi connectivity index (χ2v) is 5.21. The summed E-state index contributed by atoms with van der Waals surface area (Å²) in [7, 11) is 0. The van der Waals surface area contributed by atoms with E-state index in [0.29, 0.717) is 5.56 Å². The number of rotatable bonds is 3. The van der Waals surface area contributed by atoms with Crippen LogP contribution in [0.25, 0.3) is 0 Å². The third kappa shape index (κ3) is 3.42. The zero-order valence-corrected chi connectivity index (χ0v) is 12.2. The van der Waals surface area contributed by atoms with Gasteiger partial charge in [0, 0.05) is 0 Å². The molecule has 0 heterocycles. The van der Waals surface area contributed by atoms with Gasteiger partial charge < -0.3 is 0 Å². The summed E-state index contributed by atoms with van der Waals surface area (Å²) < 4.78 is 52.6. The molecule has 2 aromatic rings. The van der Waals surface area contributed by atoms with Gasteiger partial charge in [0.1, 0.15) is 5.82 Å². The Morgan fingerprint density at radius 2 is 1.76 bits per heavy atom. The Balaban J connectivity index is 2.54. The average molecular weight is 363 g/mol. The highest BCUT2D eigenvalue weighted by atomic mass is 79.9. The van der Waals surface area contributed by atoms with Crippen LogP contribution < -0.4 is 11.3 Å². The fourth-order valence-electron chi connectivity index (χ4n) is 2.06. The third-order valence-corrected chi connectivity index (χ3v) is 3.63. The van der Waals surface area contributed by atoms with Crippen LogP contribution in [0.1, 0.15) is 22.7 Å². The van der Waals surface area contributed by atoms with E-state index >= 15 is 0 Å². The predicted octanol–water partition coefficient (Wildman–Crippen LogP) is 4.16. The number of halogens is 5. The monoisotopic (exact) mass is 362 g/mol. The second kappa shape index (κ2) is 6.13. The fourth-order valence-corrected chi connectivity index (χ4v) is 2.46. The molecule has 21 heavy (non-hydrogen) atoms. The van der Waals surface area contributed by atoms with E-state index in [-0.39, 0.29) is 10.0 Å². The first-order valence-electron chi connectivity index (χ1n) is 5.91. The summed E-state index contributed by atoms with van der Waals surface area (Å²) in [6.07, 6.45) is -4.50. The molecule has 1 atom stereocenters. The van der Waals surface area contributed by atoms with E-state index in [0.717, 1.165) is 6.07 Å². The minimum absolute atomic E-state index is 0.0222. The molecular formula is C14H11BrF4N2. The lowest BCUT2D eigenvalue weighted by Crippen LogP contribution is -2.30. The molecule has 0 saturated heterocycles. The molecule has 7 heteroatoms. The largest absolute Gasteiger partial charge is 0.416 e. The number of hydrogen-bond donors (Lipinski definition) is 2. The van der Waals surface area contributed by atoms with Crippen LogP contribution >= 0.6 is 15.9 Å². The molecule has 0 spiro atoms. The van der Waals surface area contributed by atoms with Crippen LogP contribution in [0.3, 0.4) is 0 Å². The number of nitrogens with one attached hydrogen (secondary N) is 1. The Bertz CT molecular complexity index is 643. The van der Waals surface area contributed by atoms with Gasteiger partial charge in [0.2, 0.25) is 0 Å². The predicted molar refractivity (Wildman–Crippen MR) is 74.7 cm³/mol. The summed E-state index contributed by atoms with van der Waals surface area (Å²) in [5.41, 5.74) is 1.96. The lowest BCUT2D eigenvalue weighted by Gasteiger charge is -2.21. The molecule has 2 rings (SSSR count). The van der Waals surface area contributed by atoms with E-state index < -0.39 is 23.6 Å². The highest BCUT2D eigenvalue weighted by Crippen LogP contribution is 2.36. The van der Waals surface area contributed by atoms with E-state index in [9.17, 15) is 17.6 Å². The zero-order valence-electron chi connectivity index (χ0n) is 10.6. The lowest BCUT2D eigenvalue weighted by atomic mass is 9.94. The van der Waals surface area contributed by atoms with Crippen molar-refractivity contribution in [3.8, 4) is 0 Å². The van der Waals surface area contributed by atoms with Crippen molar-refractivity contribution >= 4 is 15.9 Å². The molecule has 0 aromatic heterocycles. The zero-order chi connectivity index (χ0) is 15.6. The number of benzene rings is 2. The van der Waals surface area contributed by atoms with Crippen LogP contribution in [-0.2, 0) is 6.18 Å². The standard InChI is InChI=1S/C14H11BrF4N2/c15-11-7-8(5-6-12(11)16)13(21-20)9-3-1-2-4-10(9)14(17,18)19/h1-7,13,21H,20H2. The number of alkyl halides is 3. The molecule has 2 nitrogen and oxygen atoms in total. The van der Waals surface area contributed by atoms with Gasteiger partial charge in [-0.3, -0.25) is 5.84 Å². The molecule has 1 unspecified atom stereocenters. The highest BCUT2D eigenvalue weighted by molar-refractivity contribution is 9.10. The summed E-state index contributed by atoms with van der Waals surface area (Å²) in [5.74, 6) is 4.91. The molecule has 3 N–H and O–H groups in total. The molecule has 0 aliphatic rings. The first-order valence-corrected chi connectivity index (χ1v) is 6.71. The Hall–Kier alpha value is -1.44. The highest BCUT2D eigenvalue weighted by Gasteiger charge is 2.35. The summed E-state index contributed by atoms with van der Waals surface area (Å²) in [6.45, 7) is 0. The first kappa shape index (κ1) is 15.9. The van der Waals surface area contributed by atoms with Crippen LogP contribution in [0.2, 0.25) is 0 Å². The Kier molecular flexibility index (Phi) is 4.65. The summed E-state index contributed by atoms with van der Waals surface area (Å²) in [5, 5.41) is 0. The molecule has 2 aromatic carbocycles. The van der Waals surface area contributed by atoms with Crippen molar-refractivity contribution < 1.29 is 17.6 Å². The quantitative estimate of drug-likeness (QED) is 0.488. The van der Waals surface area contributed by atoms with Gasteiger partial charge in [0.25, 0.3) is 0 Å². The van der Waals surface area contributed by atoms with E-state index in [1.165, 1.54) is 36.4 Å². The maximum atomic E-state index is 13.3. The second-order valence-electron chi connectivity index (χ2n) is 4.36. The van der Waals surface area contributed by atoms with Crippen molar-refractivity contribution in [3.05, 3.63) is 69.4 Å². The Morgan fingerprint density at radius 1 is 1.10 bits per heavy atom. The summed E-state index contributed by atoms with van der Waals surface area (Å²) >= 11 is 3.01. The van der Waals surface area contributed by atoms with Gasteiger partial charge in [-0.25, -0.2) is 9.82 Å². The van der Waals surface area contributed by atoms with Gasteiger partial charge in [-0.05, 0) is 45.3 Å². The summed E-state index contributed by atoms with van der Waals surface area (Å²) in [6, 6.07) is 8.17. The van der Waals surface area contributed by atoms with Crippen LogP contribution in [0.15, 0.2) is 46.9 Å². The number of hydrazine groups is 1. The van der Waals surface area contributed by atoms with Gasteiger partial charge >= 0.3 is 6.18 Å². The minimum Gasteiger partial charge on any atom is -0.271 e. The van der Waals surface area contributed by atoms with E-state index in [2.05, 4.69) is 21.4 Å². The van der Waals surface area contributed by atoms with Crippen molar-refractivity contribution in [2.75, 3.05) is 0 Å². The lowest BCUT2D eigenvalue weighted by molar-refractivity contribution is -0.138. The van der Waals surface area contributed by atoms with Crippen molar-refractivity contribution in [2.24, 2.45) is 5.84 Å². The van der Waals surface area contributed by atoms with E-state index in [4.69, 9.17) is 5.84 Å². The van der Waals surface area contributed by atoms with Gasteiger partial charge in [-0.1, -0.05) is 24.3 Å². The maximum absolute atomic E-state index is 13.3. The molecule has 0 amide bonds. The van der Waals surface area contributed by atoms with Crippen molar-refractivity contribution in [1.82, 2.24) is 5.43 Å². The molecule has 0 radical (unpaired) electrons. The maximum Gasteiger partial charge on any atom is 0.416 e. The minimum atomic E-state index is -4.50. The van der Waals surface area contributed by atoms with E-state index in [1.807, 2.05) is 0 Å². The van der Waals surface area contributed by atoms with Gasteiger partial charge in [0.05, 0.1) is 16.1 Å². The van der Waals surface area contributed by atoms with Crippen LogP contribution in [0.5, 0.6) is 0 Å². The Morgan fingerprint density at radius 3 is 2.33 bits per heavy atom. The topological polar surface area (TPSA) is 38.0 Å². The Labute approximate surface area is 127 Å². The molecule has 0 fully saturated rings. The fraction of sp³-hybridized carbons (Fsp3) is 0.143. The molecular weight excluding hydrogens is 352 g/mol. The molecule has 0 aliphatic carbocycles. The number of nitrogens with two attached hydrogens (primary N) is 1. The first-order chi connectivity index (χ1) is 9.84. The molecule has 0 aliphatic heterocycles. The van der Waals surface area contributed by atoms with Crippen molar-refractivity contribution in [1.29, 1.82) is 0 Å². The van der Waals surface area contributed by atoms with E-state index in [1.54, 1.807) is 0 Å². The van der Waals surface area contributed by atoms with Crippen LogP contribution in [-0.4, -0.2) is 0 Å². The number of hydrogen-bond acceptors (Lipinski definition) is 2. The SMILES string of the molecule is NNC(c1ccc(F)c(Br)c1)c1ccccc1C(F)(F)F. The smallest absolute Gasteiger partial charge is 0.271 e. The van der Waals surface area contributed by atoms with Crippen LogP contribution in [0.4, 0.5) is 17.6 Å². The van der Waals surface area contributed by atoms with Crippen molar-refractivity contribution in [3.63, 3.8) is 0 Å². The van der Waals surface area contributed by atoms with Gasteiger partial charge in [-0.15, -0.1) is 0 Å². The van der Waals surface area contributed by atoms with Gasteiger partial charge in [0.15, 0.2) is 0 Å². The summed E-state index contributed by atoms with van der Waals surface area (Å²) in [4.78, 5) is 0. The molecule has 0 saturated carbocycles. The average Bonchev–Trinajstić information content (AvgIpc) is 2.43. The normalized spacial score (nSPS) is 13.2. The van der Waals surface area contributed by atoms with Crippen LogP contribution in [0, 0.1) is 5.82 Å². The van der Waals surface area contributed by atoms with Gasteiger partial charge in [-0.2, -0.15) is 13.2 Å². The third-order valence-electron chi connectivity index (χ3n) is 3.02. The van der Waals surface area contributed by atoms with Crippen molar-refractivity contribution in [2.45, 2.75) is 12.2 Å².